The number of rotatable bonds is 3. The summed E-state index contributed by atoms with van der Waals surface area (Å²) < 4.78 is 27.2. The second-order valence-corrected chi connectivity index (χ2v) is 5.53. The van der Waals surface area contributed by atoms with Crippen molar-refractivity contribution < 1.29 is 8.78 Å². The van der Waals surface area contributed by atoms with Crippen LogP contribution in [-0.2, 0) is 0 Å². The van der Waals surface area contributed by atoms with Crippen LogP contribution in [0.3, 0.4) is 0 Å². The van der Waals surface area contributed by atoms with Crippen LogP contribution in [0.2, 0.25) is 0 Å². The SMILES string of the molecule is Fc1ccc(C=Cc2n[nH]c3cc(F)c(C4=NCCN4)cc23)cc1. The predicted molar refractivity (Wildman–Crippen MR) is 90.8 cm³/mol. The summed E-state index contributed by atoms with van der Waals surface area (Å²) in [6, 6.07) is 9.34. The Morgan fingerprint density at radius 2 is 1.88 bits per heavy atom. The van der Waals surface area contributed by atoms with Crippen molar-refractivity contribution in [2.45, 2.75) is 0 Å². The molecule has 1 aromatic heterocycles. The number of halogens is 2. The Labute approximate surface area is 136 Å². The van der Waals surface area contributed by atoms with Crippen LogP contribution < -0.4 is 5.32 Å². The Morgan fingerprint density at radius 1 is 1.04 bits per heavy atom. The molecule has 0 radical (unpaired) electrons. The molecule has 0 fully saturated rings. The van der Waals surface area contributed by atoms with Gasteiger partial charge in [0.25, 0.3) is 0 Å². The first kappa shape index (κ1) is 14.6. The van der Waals surface area contributed by atoms with E-state index >= 15 is 0 Å². The molecule has 0 spiro atoms. The summed E-state index contributed by atoms with van der Waals surface area (Å²) in [5.74, 6) is -0.0419. The minimum Gasteiger partial charge on any atom is -0.368 e. The Morgan fingerprint density at radius 3 is 2.62 bits per heavy atom. The molecule has 6 heteroatoms. The number of H-pyrrole nitrogens is 1. The third-order valence-electron chi connectivity index (χ3n) is 3.91. The van der Waals surface area contributed by atoms with E-state index in [1.807, 2.05) is 12.2 Å². The number of aromatic amines is 1. The molecule has 120 valence electrons. The zero-order valence-electron chi connectivity index (χ0n) is 12.7. The molecule has 24 heavy (non-hydrogen) atoms. The van der Waals surface area contributed by atoms with E-state index in [4.69, 9.17) is 0 Å². The smallest absolute Gasteiger partial charge is 0.136 e. The highest BCUT2D eigenvalue weighted by atomic mass is 19.1. The Hall–Kier alpha value is -3.02. The summed E-state index contributed by atoms with van der Waals surface area (Å²) >= 11 is 0. The summed E-state index contributed by atoms with van der Waals surface area (Å²) in [5.41, 5.74) is 2.61. The molecule has 4 nitrogen and oxygen atoms in total. The van der Waals surface area contributed by atoms with Crippen molar-refractivity contribution in [3.63, 3.8) is 0 Å². The van der Waals surface area contributed by atoms with Gasteiger partial charge in [0.15, 0.2) is 0 Å². The molecule has 3 aromatic rings. The molecule has 2 aromatic carbocycles. The van der Waals surface area contributed by atoms with Crippen LogP contribution in [0.1, 0.15) is 16.8 Å². The Kier molecular flexibility index (Phi) is 3.57. The zero-order chi connectivity index (χ0) is 16.5. The van der Waals surface area contributed by atoms with Crippen LogP contribution in [0.15, 0.2) is 41.4 Å². The number of aromatic nitrogens is 2. The van der Waals surface area contributed by atoms with Crippen molar-refractivity contribution in [2.75, 3.05) is 13.1 Å². The maximum absolute atomic E-state index is 14.2. The first-order valence-electron chi connectivity index (χ1n) is 7.61. The van der Waals surface area contributed by atoms with E-state index in [0.29, 0.717) is 29.2 Å². The lowest BCUT2D eigenvalue weighted by Gasteiger charge is -2.04. The lowest BCUT2D eigenvalue weighted by atomic mass is 10.1. The molecule has 0 amide bonds. The van der Waals surface area contributed by atoms with E-state index in [2.05, 4.69) is 20.5 Å². The standard InChI is InChI=1S/C18H14F2N4/c19-12-4-1-11(2-5-12)3-6-16-14-9-13(18-21-7-8-22-18)15(20)10-17(14)24-23-16/h1-6,9-10H,7-8H2,(H,21,22)(H,23,24). The van der Waals surface area contributed by atoms with Gasteiger partial charge < -0.3 is 5.32 Å². The molecule has 0 bridgehead atoms. The molecule has 2 N–H and O–H groups in total. The number of hydrogen-bond acceptors (Lipinski definition) is 3. The number of benzene rings is 2. The third kappa shape index (κ3) is 2.67. The maximum atomic E-state index is 14.2. The highest BCUT2D eigenvalue weighted by Gasteiger charge is 2.16. The number of fused-ring (bicyclic) bond motifs is 1. The van der Waals surface area contributed by atoms with Crippen molar-refractivity contribution in [3.8, 4) is 0 Å². The van der Waals surface area contributed by atoms with Crippen LogP contribution >= 0.6 is 0 Å². The third-order valence-corrected chi connectivity index (χ3v) is 3.91. The number of aliphatic imine (C=N–C) groups is 1. The van der Waals surface area contributed by atoms with Gasteiger partial charge >= 0.3 is 0 Å². The van der Waals surface area contributed by atoms with Crippen LogP contribution in [-0.4, -0.2) is 29.1 Å². The fourth-order valence-corrected chi connectivity index (χ4v) is 2.69. The quantitative estimate of drug-likeness (QED) is 0.776. The molecular weight excluding hydrogens is 310 g/mol. The topological polar surface area (TPSA) is 53.1 Å². The molecule has 2 heterocycles. The van der Waals surface area contributed by atoms with E-state index in [1.54, 1.807) is 18.2 Å². The van der Waals surface area contributed by atoms with Crippen LogP contribution in [0.25, 0.3) is 23.1 Å². The summed E-state index contributed by atoms with van der Waals surface area (Å²) in [7, 11) is 0. The molecule has 0 saturated carbocycles. The highest BCUT2D eigenvalue weighted by molar-refractivity contribution is 6.03. The van der Waals surface area contributed by atoms with Crippen molar-refractivity contribution in [3.05, 3.63) is 64.9 Å². The zero-order valence-corrected chi connectivity index (χ0v) is 12.7. The highest BCUT2D eigenvalue weighted by Crippen LogP contribution is 2.23. The summed E-state index contributed by atoms with van der Waals surface area (Å²) in [4.78, 5) is 4.27. The lowest BCUT2D eigenvalue weighted by molar-refractivity contribution is 0.626. The van der Waals surface area contributed by atoms with E-state index in [0.717, 1.165) is 17.5 Å². The minimum atomic E-state index is -0.339. The molecule has 1 aliphatic heterocycles. The van der Waals surface area contributed by atoms with E-state index in [9.17, 15) is 8.78 Å². The molecule has 0 atom stereocenters. The average molecular weight is 324 g/mol. The van der Waals surface area contributed by atoms with Crippen molar-refractivity contribution >= 4 is 28.9 Å². The average Bonchev–Trinajstić information content (AvgIpc) is 3.23. The van der Waals surface area contributed by atoms with Gasteiger partial charge in [-0.25, -0.2) is 8.78 Å². The fourth-order valence-electron chi connectivity index (χ4n) is 2.69. The Bertz CT molecular complexity index is 955. The second-order valence-electron chi connectivity index (χ2n) is 5.53. The van der Waals surface area contributed by atoms with Gasteiger partial charge in [-0.05, 0) is 29.8 Å². The predicted octanol–water partition coefficient (Wildman–Crippen LogP) is 3.36. The molecule has 1 aliphatic rings. The number of nitrogens with zero attached hydrogens (tertiary/aromatic N) is 2. The summed E-state index contributed by atoms with van der Waals surface area (Å²) in [6.07, 6.45) is 3.65. The first-order chi connectivity index (χ1) is 11.7. The molecule has 0 aliphatic carbocycles. The van der Waals surface area contributed by atoms with Crippen molar-refractivity contribution in [1.82, 2.24) is 15.5 Å². The number of amidine groups is 1. The van der Waals surface area contributed by atoms with E-state index in [-0.39, 0.29) is 11.6 Å². The molecular formula is C18H14F2N4. The van der Waals surface area contributed by atoms with Crippen molar-refractivity contribution in [2.24, 2.45) is 4.99 Å². The minimum absolute atomic E-state index is 0.276. The van der Waals surface area contributed by atoms with Gasteiger partial charge in [-0.1, -0.05) is 18.2 Å². The molecule has 4 rings (SSSR count). The molecule has 0 saturated heterocycles. The second kappa shape index (κ2) is 5.88. The fraction of sp³-hybridized carbons (Fsp3) is 0.111. The van der Waals surface area contributed by atoms with Gasteiger partial charge in [-0.15, -0.1) is 0 Å². The van der Waals surface area contributed by atoms with E-state index in [1.165, 1.54) is 18.2 Å². The first-order valence-corrected chi connectivity index (χ1v) is 7.61. The van der Waals surface area contributed by atoms with Crippen molar-refractivity contribution in [1.29, 1.82) is 0 Å². The van der Waals surface area contributed by atoms with Gasteiger partial charge in [-0.2, -0.15) is 5.10 Å². The molecule has 0 unspecified atom stereocenters. The van der Waals surface area contributed by atoms with Crippen LogP contribution in [0, 0.1) is 11.6 Å². The monoisotopic (exact) mass is 324 g/mol. The number of hydrogen-bond donors (Lipinski definition) is 2. The normalized spacial score (nSPS) is 14.3. The van der Waals surface area contributed by atoms with Gasteiger partial charge in [0.1, 0.15) is 17.5 Å². The van der Waals surface area contributed by atoms with Gasteiger partial charge in [0.05, 0.1) is 23.3 Å². The van der Waals surface area contributed by atoms with E-state index < -0.39 is 0 Å². The lowest BCUT2D eigenvalue weighted by Crippen LogP contribution is -2.20. The Balaban J connectivity index is 1.73. The summed E-state index contributed by atoms with van der Waals surface area (Å²) in [6.45, 7) is 1.37. The van der Waals surface area contributed by atoms with Gasteiger partial charge in [-0.3, -0.25) is 10.1 Å². The number of nitrogens with one attached hydrogen (secondary N) is 2. The van der Waals surface area contributed by atoms with Crippen LogP contribution in [0.4, 0.5) is 8.78 Å². The summed E-state index contributed by atoms with van der Waals surface area (Å²) in [5, 5.41) is 10.9. The largest absolute Gasteiger partial charge is 0.368 e. The maximum Gasteiger partial charge on any atom is 0.136 e. The van der Waals surface area contributed by atoms with Crippen LogP contribution in [0.5, 0.6) is 0 Å². The van der Waals surface area contributed by atoms with Gasteiger partial charge in [0.2, 0.25) is 0 Å². The van der Waals surface area contributed by atoms with Gasteiger partial charge in [0, 0.05) is 18.0 Å².